The summed E-state index contributed by atoms with van der Waals surface area (Å²) in [4.78, 5) is 11.7. The highest BCUT2D eigenvalue weighted by Gasteiger charge is 2.15. The molecular formula is C16H17Cl2NO4. The van der Waals surface area contributed by atoms with E-state index < -0.39 is 5.97 Å². The van der Waals surface area contributed by atoms with Gasteiger partial charge in [0.1, 0.15) is 5.76 Å². The van der Waals surface area contributed by atoms with Crippen molar-refractivity contribution in [2.45, 2.75) is 26.7 Å². The van der Waals surface area contributed by atoms with Crippen molar-refractivity contribution >= 4 is 29.2 Å². The van der Waals surface area contributed by atoms with Gasteiger partial charge in [-0.2, -0.15) is 0 Å². The molecular weight excluding hydrogens is 341 g/mol. The Bertz CT molecular complexity index is 661. The summed E-state index contributed by atoms with van der Waals surface area (Å²) in [6.45, 7) is 4.30. The van der Waals surface area contributed by atoms with Crippen molar-refractivity contribution in [2.24, 2.45) is 0 Å². The number of hydrogen-bond acceptors (Lipinski definition) is 5. The van der Waals surface area contributed by atoms with Gasteiger partial charge in [0.2, 0.25) is 0 Å². The number of halogens is 2. The number of carbonyl (C=O) groups excluding carboxylic acids is 1. The van der Waals surface area contributed by atoms with Gasteiger partial charge in [0.25, 0.3) is 0 Å². The van der Waals surface area contributed by atoms with Gasteiger partial charge in [0.15, 0.2) is 5.75 Å². The number of carbonyl (C=O) groups is 1. The molecule has 0 atom stereocenters. The molecule has 7 heteroatoms. The van der Waals surface area contributed by atoms with Gasteiger partial charge in [-0.3, -0.25) is 0 Å². The standard InChI is InChI=1S/C16H17Cl2NO4/c1-3-21-16(20)11-8-13(17)15(14(18)9-11)22-6-4-5-12-7-10(2)19-23-12/h7-9H,3-6H2,1-2H3. The Labute approximate surface area is 144 Å². The fourth-order valence-electron chi connectivity index (χ4n) is 1.98. The average molecular weight is 358 g/mol. The van der Waals surface area contributed by atoms with E-state index in [0.29, 0.717) is 24.3 Å². The monoisotopic (exact) mass is 357 g/mol. The van der Waals surface area contributed by atoms with Crippen molar-refractivity contribution in [2.75, 3.05) is 13.2 Å². The van der Waals surface area contributed by atoms with E-state index in [-0.39, 0.29) is 16.7 Å². The molecule has 0 amide bonds. The average Bonchev–Trinajstić information content (AvgIpc) is 2.91. The van der Waals surface area contributed by atoms with E-state index in [2.05, 4.69) is 5.16 Å². The van der Waals surface area contributed by atoms with Crippen LogP contribution < -0.4 is 4.74 Å². The van der Waals surface area contributed by atoms with E-state index in [1.54, 1.807) is 6.92 Å². The van der Waals surface area contributed by atoms with Gasteiger partial charge in [-0.1, -0.05) is 28.4 Å². The highest BCUT2D eigenvalue weighted by atomic mass is 35.5. The van der Waals surface area contributed by atoms with Crippen molar-refractivity contribution < 1.29 is 18.8 Å². The lowest BCUT2D eigenvalue weighted by molar-refractivity contribution is 0.0526. The molecule has 0 N–H and O–H groups in total. The van der Waals surface area contributed by atoms with Gasteiger partial charge >= 0.3 is 5.97 Å². The number of aromatic nitrogens is 1. The Morgan fingerprint density at radius 3 is 2.52 bits per heavy atom. The van der Waals surface area contributed by atoms with Crippen LogP contribution in [0.1, 0.15) is 35.2 Å². The normalized spacial score (nSPS) is 10.6. The van der Waals surface area contributed by atoms with Crippen LogP contribution in [0.5, 0.6) is 5.75 Å². The van der Waals surface area contributed by atoms with Crippen LogP contribution in [-0.4, -0.2) is 24.3 Å². The molecule has 0 aliphatic carbocycles. The Morgan fingerprint density at radius 1 is 1.26 bits per heavy atom. The summed E-state index contributed by atoms with van der Waals surface area (Å²) in [5.41, 5.74) is 1.15. The van der Waals surface area contributed by atoms with Gasteiger partial charge in [0, 0.05) is 12.5 Å². The fourth-order valence-corrected chi connectivity index (χ4v) is 2.58. The first-order valence-electron chi connectivity index (χ1n) is 7.22. The number of rotatable bonds is 7. The molecule has 2 aromatic rings. The summed E-state index contributed by atoms with van der Waals surface area (Å²) in [6.07, 6.45) is 1.43. The molecule has 1 heterocycles. The third kappa shape index (κ3) is 4.88. The minimum atomic E-state index is -0.469. The number of esters is 1. The van der Waals surface area contributed by atoms with Crippen LogP contribution >= 0.6 is 23.2 Å². The van der Waals surface area contributed by atoms with Crippen molar-refractivity contribution in [3.63, 3.8) is 0 Å². The first-order chi connectivity index (χ1) is 11.0. The minimum absolute atomic E-state index is 0.274. The minimum Gasteiger partial charge on any atom is -0.490 e. The van der Waals surface area contributed by atoms with E-state index in [1.807, 2.05) is 13.0 Å². The molecule has 5 nitrogen and oxygen atoms in total. The van der Waals surface area contributed by atoms with Gasteiger partial charge < -0.3 is 14.0 Å². The van der Waals surface area contributed by atoms with Crippen LogP contribution in [0.3, 0.4) is 0 Å². The first-order valence-corrected chi connectivity index (χ1v) is 7.98. The molecule has 2 rings (SSSR count). The van der Waals surface area contributed by atoms with Gasteiger partial charge in [-0.25, -0.2) is 4.79 Å². The van der Waals surface area contributed by atoms with Gasteiger partial charge in [-0.05, 0) is 32.4 Å². The second kappa shape index (κ2) is 8.22. The molecule has 0 saturated carbocycles. The fraction of sp³-hybridized carbons (Fsp3) is 0.375. The van der Waals surface area contributed by atoms with E-state index in [0.717, 1.165) is 17.9 Å². The molecule has 0 radical (unpaired) electrons. The highest BCUT2D eigenvalue weighted by Crippen LogP contribution is 2.34. The summed E-state index contributed by atoms with van der Waals surface area (Å²) in [5.74, 6) is 0.694. The lowest BCUT2D eigenvalue weighted by Crippen LogP contribution is -2.06. The number of nitrogens with zero attached hydrogens (tertiary/aromatic N) is 1. The van der Waals surface area contributed by atoms with Gasteiger partial charge in [-0.15, -0.1) is 0 Å². The summed E-state index contributed by atoms with van der Waals surface area (Å²) in [6, 6.07) is 4.86. The number of ether oxygens (including phenoxy) is 2. The van der Waals surface area contributed by atoms with Crippen molar-refractivity contribution in [3.8, 4) is 5.75 Å². The zero-order valence-electron chi connectivity index (χ0n) is 12.9. The molecule has 124 valence electrons. The third-order valence-electron chi connectivity index (χ3n) is 3.00. The maximum Gasteiger partial charge on any atom is 0.338 e. The Hall–Kier alpha value is -1.72. The highest BCUT2D eigenvalue weighted by molar-refractivity contribution is 6.37. The quantitative estimate of drug-likeness (QED) is 0.540. The zero-order valence-corrected chi connectivity index (χ0v) is 14.4. The molecule has 0 unspecified atom stereocenters. The van der Waals surface area contributed by atoms with Gasteiger partial charge in [0.05, 0.1) is 34.5 Å². The Kier molecular flexibility index (Phi) is 6.30. The zero-order chi connectivity index (χ0) is 16.8. The molecule has 0 bridgehead atoms. The second-order valence-electron chi connectivity index (χ2n) is 4.88. The lowest BCUT2D eigenvalue weighted by Gasteiger charge is -2.11. The molecule has 0 saturated heterocycles. The lowest BCUT2D eigenvalue weighted by atomic mass is 10.2. The van der Waals surface area contributed by atoms with Crippen molar-refractivity contribution in [3.05, 3.63) is 45.3 Å². The van der Waals surface area contributed by atoms with E-state index in [1.165, 1.54) is 12.1 Å². The SMILES string of the molecule is CCOC(=O)c1cc(Cl)c(OCCCc2cc(C)no2)c(Cl)c1. The van der Waals surface area contributed by atoms with Crippen molar-refractivity contribution in [1.29, 1.82) is 0 Å². The number of aryl methyl sites for hydroxylation is 2. The van der Waals surface area contributed by atoms with E-state index in [4.69, 9.17) is 37.2 Å². The van der Waals surface area contributed by atoms with Crippen LogP contribution in [-0.2, 0) is 11.2 Å². The summed E-state index contributed by atoms with van der Waals surface area (Å²) < 4.78 is 15.6. The van der Waals surface area contributed by atoms with Crippen LogP contribution in [0.2, 0.25) is 10.0 Å². The summed E-state index contributed by atoms with van der Waals surface area (Å²) >= 11 is 12.3. The molecule has 1 aromatic carbocycles. The van der Waals surface area contributed by atoms with Crippen molar-refractivity contribution in [1.82, 2.24) is 5.16 Å². The third-order valence-corrected chi connectivity index (χ3v) is 3.56. The predicted octanol–water partition coefficient (Wildman–Crippen LogP) is 4.48. The summed E-state index contributed by atoms with van der Waals surface area (Å²) in [5, 5.41) is 4.37. The van der Waals surface area contributed by atoms with Crippen LogP contribution in [0, 0.1) is 6.92 Å². The molecule has 0 aliphatic rings. The summed E-state index contributed by atoms with van der Waals surface area (Å²) in [7, 11) is 0. The predicted molar refractivity (Wildman–Crippen MR) is 87.5 cm³/mol. The van der Waals surface area contributed by atoms with Crippen LogP contribution in [0.4, 0.5) is 0 Å². The van der Waals surface area contributed by atoms with E-state index >= 15 is 0 Å². The molecule has 23 heavy (non-hydrogen) atoms. The molecule has 1 aromatic heterocycles. The molecule has 0 aliphatic heterocycles. The van der Waals surface area contributed by atoms with Crippen LogP contribution in [0.15, 0.2) is 22.7 Å². The first kappa shape index (κ1) is 17.6. The number of benzene rings is 1. The molecule has 0 spiro atoms. The Morgan fingerprint density at radius 2 is 1.96 bits per heavy atom. The largest absolute Gasteiger partial charge is 0.490 e. The maximum atomic E-state index is 11.7. The Balaban J connectivity index is 1.93. The number of hydrogen-bond donors (Lipinski definition) is 0. The van der Waals surface area contributed by atoms with E-state index in [9.17, 15) is 4.79 Å². The molecule has 0 fully saturated rings. The smallest absolute Gasteiger partial charge is 0.338 e. The topological polar surface area (TPSA) is 61.6 Å². The second-order valence-corrected chi connectivity index (χ2v) is 5.69. The maximum absolute atomic E-state index is 11.7. The van der Waals surface area contributed by atoms with Crippen LogP contribution in [0.25, 0.3) is 0 Å².